The fourth-order valence-electron chi connectivity index (χ4n) is 9.63. The molecule has 0 radical (unpaired) electrons. The second kappa shape index (κ2) is 16.9. The lowest BCUT2D eigenvalue weighted by Gasteiger charge is -2.45. The molecule has 3 atom stereocenters. The predicted octanol–water partition coefficient (Wildman–Crippen LogP) is 4.85. The number of amides is 4. The number of hydrogen-bond donors (Lipinski definition) is 1. The minimum Gasteiger partial charge on any atom is -0.508 e. The van der Waals surface area contributed by atoms with E-state index in [1.807, 2.05) is 48.2 Å². The van der Waals surface area contributed by atoms with Crippen molar-refractivity contribution in [2.24, 2.45) is 5.92 Å². The van der Waals surface area contributed by atoms with Crippen LogP contribution < -0.4 is 24.8 Å². The Morgan fingerprint density at radius 2 is 1.63 bits per heavy atom. The first kappa shape index (κ1) is 40.1. The minimum atomic E-state index is -0.615. The van der Waals surface area contributed by atoms with Crippen molar-refractivity contribution in [2.45, 2.75) is 70.6 Å². The van der Waals surface area contributed by atoms with Gasteiger partial charge >= 0.3 is 0 Å². The summed E-state index contributed by atoms with van der Waals surface area (Å²) in [4.78, 5) is 67.1. The van der Waals surface area contributed by atoms with Crippen LogP contribution in [0.5, 0.6) is 5.75 Å². The van der Waals surface area contributed by atoms with Gasteiger partial charge < -0.3 is 29.2 Å². The number of hydrogen-bond acceptors (Lipinski definition) is 9. The average molecular weight is 805 g/mol. The van der Waals surface area contributed by atoms with Gasteiger partial charge in [0, 0.05) is 101 Å². The number of fused-ring (bicyclic) bond motifs is 1. The van der Waals surface area contributed by atoms with E-state index in [4.69, 9.17) is 11.3 Å². The van der Waals surface area contributed by atoms with Gasteiger partial charge in [0.05, 0.1) is 25.8 Å². The Morgan fingerprint density at radius 1 is 0.864 bits per heavy atom. The summed E-state index contributed by atoms with van der Waals surface area (Å²) in [5.41, 5.74) is 5.33. The van der Waals surface area contributed by atoms with Gasteiger partial charge in [-0.2, -0.15) is 0 Å². The number of piperidine rings is 2. The summed E-state index contributed by atoms with van der Waals surface area (Å²) < 4.78 is 21.1. The lowest BCUT2D eigenvalue weighted by atomic mass is 9.95. The molecule has 14 heteroatoms. The zero-order chi connectivity index (χ0) is 41.4. The molecule has 4 amide bonds. The van der Waals surface area contributed by atoms with Crippen molar-refractivity contribution in [3.05, 3.63) is 88.5 Å². The molecule has 0 saturated carbocycles. The van der Waals surface area contributed by atoms with E-state index in [0.29, 0.717) is 60.2 Å². The molecule has 59 heavy (non-hydrogen) atoms. The molecule has 3 aromatic carbocycles. The van der Waals surface area contributed by atoms with Crippen LogP contribution in [0.25, 0.3) is 4.85 Å². The van der Waals surface area contributed by atoms with Crippen molar-refractivity contribution >= 4 is 46.4 Å². The second-order valence-electron chi connectivity index (χ2n) is 16.8. The number of ether oxygens (including phenoxy) is 1. The highest BCUT2D eigenvalue weighted by molar-refractivity contribution is 6.05. The summed E-state index contributed by atoms with van der Waals surface area (Å²) in [7, 11) is 1.56. The lowest BCUT2D eigenvalue weighted by Crippen LogP contribution is -2.58. The SMILES string of the molecule is [C-]#[N+]c1ccc(N2C[C@@H](C)N(C(=O)Cc3ccc(N4CCC(CN5CCN(c6ccc7c(c6)CN([C@H]6CCC(=O)NC6=O)C7=O)CC5)CC4)c(F)c3)C[C@@H]2C)cc1OC. The maximum absolute atomic E-state index is 15.6. The fraction of sp³-hybridized carbons (Fsp3) is 0.489. The van der Waals surface area contributed by atoms with E-state index in [1.165, 1.54) is 6.07 Å². The molecule has 0 aromatic heterocycles. The van der Waals surface area contributed by atoms with Gasteiger partial charge in [-0.05, 0) is 92.6 Å². The summed E-state index contributed by atoms with van der Waals surface area (Å²) in [5, 5.41) is 2.37. The van der Waals surface area contributed by atoms with Crippen LogP contribution in [0.1, 0.15) is 61.0 Å². The number of nitrogens with one attached hydrogen (secondary N) is 1. The standard InChI is InChI=1S/C45H53FN8O5/c1-29-26-53(30(2)25-52(29)35-7-9-38(47-3)41(24-35)59-4)43(56)22-32-5-10-39(37(46)21-32)51-15-13-31(14-16-51)27-49-17-19-50(20-18-49)34-6-8-36-33(23-34)28-54(45(36)58)40-11-12-42(55)48-44(40)57/h5-10,21,23-24,29-31,40H,11-20,22,25-28H2,1-2,4H3,(H,48,55,57)/t29-,30+,40-/m0/s1. The first-order valence-electron chi connectivity index (χ1n) is 20.9. The van der Waals surface area contributed by atoms with Gasteiger partial charge in [0.2, 0.25) is 23.4 Å². The van der Waals surface area contributed by atoms with Crippen molar-refractivity contribution in [1.29, 1.82) is 0 Å². The number of anilines is 3. The van der Waals surface area contributed by atoms with Gasteiger partial charge in [-0.25, -0.2) is 9.24 Å². The molecular formula is C45H53FN8O5. The minimum absolute atomic E-state index is 0.0131. The number of imide groups is 1. The molecule has 13 nitrogen and oxygen atoms in total. The Kier molecular flexibility index (Phi) is 11.5. The van der Waals surface area contributed by atoms with Crippen LogP contribution in [-0.4, -0.2) is 122 Å². The monoisotopic (exact) mass is 804 g/mol. The summed E-state index contributed by atoms with van der Waals surface area (Å²) >= 11 is 0. The molecule has 5 aliphatic heterocycles. The summed E-state index contributed by atoms with van der Waals surface area (Å²) in [6.07, 6.45) is 2.71. The van der Waals surface area contributed by atoms with Gasteiger partial charge in [0.25, 0.3) is 5.91 Å². The first-order chi connectivity index (χ1) is 28.5. The molecule has 4 fully saturated rings. The second-order valence-corrected chi connectivity index (χ2v) is 16.8. The third kappa shape index (κ3) is 8.30. The number of carbonyl (C=O) groups excluding carboxylic acids is 4. The number of rotatable bonds is 9. The van der Waals surface area contributed by atoms with Crippen LogP contribution in [-0.2, 0) is 27.3 Å². The molecule has 1 N–H and O–H groups in total. The van der Waals surface area contributed by atoms with E-state index >= 15 is 4.39 Å². The number of halogens is 1. The van der Waals surface area contributed by atoms with E-state index in [9.17, 15) is 19.2 Å². The van der Waals surface area contributed by atoms with Gasteiger partial charge in [-0.3, -0.25) is 29.4 Å². The quantitative estimate of drug-likeness (QED) is 0.240. The van der Waals surface area contributed by atoms with Gasteiger partial charge in [0.1, 0.15) is 17.6 Å². The molecule has 0 bridgehead atoms. The van der Waals surface area contributed by atoms with Crippen LogP contribution in [0, 0.1) is 18.3 Å². The molecule has 5 aliphatic rings. The third-order valence-corrected chi connectivity index (χ3v) is 13.0. The molecule has 5 heterocycles. The lowest BCUT2D eigenvalue weighted by molar-refractivity contribution is -0.137. The van der Waals surface area contributed by atoms with E-state index in [0.717, 1.165) is 75.6 Å². The average Bonchev–Trinajstić information content (AvgIpc) is 3.56. The highest BCUT2D eigenvalue weighted by Gasteiger charge is 2.39. The molecular weight excluding hydrogens is 752 g/mol. The fourth-order valence-corrected chi connectivity index (χ4v) is 9.63. The summed E-state index contributed by atoms with van der Waals surface area (Å²) in [5.74, 6) is -0.0634. The van der Waals surface area contributed by atoms with Crippen molar-refractivity contribution in [3.63, 3.8) is 0 Å². The Morgan fingerprint density at radius 3 is 2.34 bits per heavy atom. The Bertz CT molecular complexity index is 2160. The van der Waals surface area contributed by atoms with Crippen molar-refractivity contribution in [2.75, 3.05) is 80.7 Å². The number of nitrogens with zero attached hydrogens (tertiary/aromatic N) is 7. The summed E-state index contributed by atoms with van der Waals surface area (Å²) in [6.45, 7) is 19.3. The molecule has 3 aromatic rings. The van der Waals surface area contributed by atoms with E-state index in [2.05, 4.69) is 42.8 Å². The number of benzene rings is 3. The zero-order valence-electron chi connectivity index (χ0n) is 34.2. The van der Waals surface area contributed by atoms with Gasteiger partial charge in [0.15, 0.2) is 0 Å². The largest absolute Gasteiger partial charge is 0.508 e. The van der Waals surface area contributed by atoms with Gasteiger partial charge in [-0.1, -0.05) is 12.1 Å². The molecule has 0 spiro atoms. The Labute approximate surface area is 345 Å². The van der Waals surface area contributed by atoms with Crippen LogP contribution in [0.3, 0.4) is 0 Å². The van der Waals surface area contributed by atoms with E-state index < -0.39 is 11.9 Å². The smallest absolute Gasteiger partial charge is 0.255 e. The van der Waals surface area contributed by atoms with Gasteiger partial charge in [-0.15, -0.1) is 0 Å². The molecule has 8 rings (SSSR count). The molecule has 4 saturated heterocycles. The number of methoxy groups -OCH3 is 1. The maximum Gasteiger partial charge on any atom is 0.255 e. The molecule has 0 aliphatic carbocycles. The van der Waals surface area contributed by atoms with Crippen LogP contribution >= 0.6 is 0 Å². The summed E-state index contributed by atoms with van der Waals surface area (Å²) in [6, 6.07) is 16.2. The van der Waals surface area contributed by atoms with Crippen molar-refractivity contribution < 1.29 is 28.3 Å². The molecule has 0 unspecified atom stereocenters. The van der Waals surface area contributed by atoms with Crippen molar-refractivity contribution in [1.82, 2.24) is 20.0 Å². The topological polar surface area (TPSA) is 113 Å². The van der Waals surface area contributed by atoms with Crippen LogP contribution in [0.2, 0.25) is 0 Å². The van der Waals surface area contributed by atoms with Crippen molar-refractivity contribution in [3.8, 4) is 5.75 Å². The maximum atomic E-state index is 15.6. The predicted molar refractivity (Wildman–Crippen MR) is 223 cm³/mol. The van der Waals surface area contributed by atoms with E-state index in [1.54, 1.807) is 18.1 Å². The third-order valence-electron chi connectivity index (χ3n) is 13.0. The highest BCUT2D eigenvalue weighted by atomic mass is 19.1. The van der Waals surface area contributed by atoms with E-state index in [-0.39, 0.29) is 48.5 Å². The van der Waals surface area contributed by atoms with Crippen LogP contribution in [0.15, 0.2) is 54.6 Å². The number of piperazine rings is 2. The number of carbonyl (C=O) groups is 4. The first-order valence-corrected chi connectivity index (χ1v) is 20.9. The highest BCUT2D eigenvalue weighted by Crippen LogP contribution is 2.35. The Hall–Kier alpha value is -5.68. The zero-order valence-corrected chi connectivity index (χ0v) is 34.2. The normalized spacial score (nSPS) is 23.0. The molecule has 310 valence electrons. The Balaban J connectivity index is 0.785. The van der Waals surface area contributed by atoms with Crippen LogP contribution in [0.4, 0.5) is 27.1 Å².